The van der Waals surface area contributed by atoms with E-state index in [0.717, 1.165) is 11.0 Å². The van der Waals surface area contributed by atoms with Crippen LogP contribution in [-0.4, -0.2) is 64.0 Å². The van der Waals surface area contributed by atoms with Gasteiger partial charge in [-0.15, -0.1) is 0 Å². The molecular formula is C17H23N5O2. The van der Waals surface area contributed by atoms with Gasteiger partial charge in [0.15, 0.2) is 0 Å². The topological polar surface area (TPSA) is 70.5 Å². The number of rotatable bonds is 4. The van der Waals surface area contributed by atoms with Crippen LogP contribution in [0.15, 0.2) is 30.6 Å². The predicted molar refractivity (Wildman–Crippen MR) is 91.6 cm³/mol. The van der Waals surface area contributed by atoms with Crippen molar-refractivity contribution in [1.82, 2.24) is 24.7 Å². The molecule has 2 heterocycles. The second-order valence-electron chi connectivity index (χ2n) is 5.88. The first-order valence-electron chi connectivity index (χ1n) is 8.39. The highest BCUT2D eigenvalue weighted by Gasteiger charge is 2.23. The highest BCUT2D eigenvalue weighted by molar-refractivity contribution is 5.78. The maximum absolute atomic E-state index is 12.4. The van der Waals surface area contributed by atoms with Gasteiger partial charge in [0.1, 0.15) is 0 Å². The number of fused-ring (bicyclic) bond motifs is 1. The van der Waals surface area contributed by atoms with Gasteiger partial charge < -0.3 is 19.7 Å². The highest BCUT2D eigenvalue weighted by Crippen LogP contribution is 2.13. The van der Waals surface area contributed by atoms with Gasteiger partial charge in [-0.1, -0.05) is 12.1 Å². The van der Waals surface area contributed by atoms with E-state index >= 15 is 0 Å². The molecule has 7 nitrogen and oxygen atoms in total. The van der Waals surface area contributed by atoms with Gasteiger partial charge in [0.2, 0.25) is 5.91 Å². The monoisotopic (exact) mass is 329 g/mol. The Kier molecular flexibility index (Phi) is 4.98. The molecule has 1 aromatic carbocycles. The summed E-state index contributed by atoms with van der Waals surface area (Å²) in [6.07, 6.45) is 2.23. The van der Waals surface area contributed by atoms with Crippen molar-refractivity contribution in [2.24, 2.45) is 0 Å². The lowest BCUT2D eigenvalue weighted by molar-refractivity contribution is -0.132. The van der Waals surface area contributed by atoms with Gasteiger partial charge in [0, 0.05) is 45.7 Å². The number of hydrogen-bond acceptors (Lipinski definition) is 3. The van der Waals surface area contributed by atoms with Crippen molar-refractivity contribution in [2.75, 3.05) is 32.7 Å². The third-order valence-electron chi connectivity index (χ3n) is 4.34. The van der Waals surface area contributed by atoms with Crippen LogP contribution in [0, 0.1) is 0 Å². The van der Waals surface area contributed by atoms with Gasteiger partial charge in [-0.3, -0.25) is 4.79 Å². The Balaban J connectivity index is 1.50. The smallest absolute Gasteiger partial charge is 0.317 e. The molecule has 1 fully saturated rings. The maximum atomic E-state index is 12.4. The quantitative estimate of drug-likeness (QED) is 0.919. The fourth-order valence-corrected chi connectivity index (χ4v) is 2.98. The Morgan fingerprint density at radius 3 is 2.58 bits per heavy atom. The van der Waals surface area contributed by atoms with E-state index in [4.69, 9.17) is 0 Å². The molecule has 1 N–H and O–H groups in total. The largest absolute Gasteiger partial charge is 0.339 e. The summed E-state index contributed by atoms with van der Waals surface area (Å²) in [4.78, 5) is 32.1. The van der Waals surface area contributed by atoms with Gasteiger partial charge in [0.05, 0.1) is 17.4 Å². The first-order chi connectivity index (χ1) is 11.7. The molecule has 0 radical (unpaired) electrons. The Morgan fingerprint density at radius 1 is 1.12 bits per heavy atom. The van der Waals surface area contributed by atoms with E-state index < -0.39 is 0 Å². The number of carbonyl (C=O) groups is 2. The van der Waals surface area contributed by atoms with E-state index in [1.807, 2.05) is 40.7 Å². The molecule has 1 saturated heterocycles. The number of nitrogens with one attached hydrogen (secondary N) is 1. The van der Waals surface area contributed by atoms with E-state index in [0.29, 0.717) is 45.7 Å². The molecule has 0 saturated carbocycles. The van der Waals surface area contributed by atoms with Crippen LogP contribution in [0.5, 0.6) is 0 Å². The zero-order chi connectivity index (χ0) is 16.9. The molecule has 0 spiro atoms. The molecule has 0 aliphatic carbocycles. The summed E-state index contributed by atoms with van der Waals surface area (Å²) in [5.74, 6) is 0.128. The number of urea groups is 1. The number of para-hydroxylation sites is 2. The second kappa shape index (κ2) is 7.33. The van der Waals surface area contributed by atoms with Crippen LogP contribution in [0.3, 0.4) is 0 Å². The van der Waals surface area contributed by atoms with Crippen molar-refractivity contribution >= 4 is 23.0 Å². The van der Waals surface area contributed by atoms with Crippen LogP contribution in [0.4, 0.5) is 4.79 Å². The maximum Gasteiger partial charge on any atom is 0.317 e. The highest BCUT2D eigenvalue weighted by atomic mass is 16.2. The number of imidazole rings is 1. The number of hydrogen-bond donors (Lipinski definition) is 1. The van der Waals surface area contributed by atoms with E-state index in [-0.39, 0.29) is 11.9 Å². The molecule has 1 aliphatic rings. The summed E-state index contributed by atoms with van der Waals surface area (Å²) in [6, 6.07) is 7.86. The lowest BCUT2D eigenvalue weighted by atomic mass is 10.2. The molecule has 1 aromatic heterocycles. The van der Waals surface area contributed by atoms with Gasteiger partial charge in [-0.25, -0.2) is 9.78 Å². The van der Waals surface area contributed by atoms with Gasteiger partial charge >= 0.3 is 6.03 Å². The zero-order valence-electron chi connectivity index (χ0n) is 13.9. The van der Waals surface area contributed by atoms with Crippen LogP contribution in [-0.2, 0) is 11.3 Å². The van der Waals surface area contributed by atoms with Crippen molar-refractivity contribution < 1.29 is 9.59 Å². The zero-order valence-corrected chi connectivity index (χ0v) is 13.9. The summed E-state index contributed by atoms with van der Waals surface area (Å²) in [5, 5.41) is 2.79. The van der Waals surface area contributed by atoms with Crippen molar-refractivity contribution in [3.05, 3.63) is 30.6 Å². The molecule has 0 unspecified atom stereocenters. The van der Waals surface area contributed by atoms with Crippen molar-refractivity contribution in [2.45, 2.75) is 19.9 Å². The summed E-state index contributed by atoms with van der Waals surface area (Å²) >= 11 is 0. The SMILES string of the molecule is CCNC(=O)N1CCN(C(=O)CCn2cnc3ccccc32)CC1. The molecule has 2 aromatic rings. The molecule has 24 heavy (non-hydrogen) atoms. The van der Waals surface area contributed by atoms with Crippen LogP contribution in [0.25, 0.3) is 11.0 Å². The summed E-state index contributed by atoms with van der Waals surface area (Å²) in [5.41, 5.74) is 1.99. The molecule has 1 aliphatic heterocycles. The van der Waals surface area contributed by atoms with E-state index in [9.17, 15) is 9.59 Å². The average Bonchev–Trinajstić information content (AvgIpc) is 3.03. The minimum absolute atomic E-state index is 0.0468. The van der Waals surface area contributed by atoms with E-state index in [1.54, 1.807) is 11.2 Å². The predicted octanol–water partition coefficient (Wildman–Crippen LogP) is 1.30. The van der Waals surface area contributed by atoms with Gasteiger partial charge in [-0.2, -0.15) is 0 Å². The normalized spacial score (nSPS) is 14.9. The fourth-order valence-electron chi connectivity index (χ4n) is 2.98. The van der Waals surface area contributed by atoms with Crippen molar-refractivity contribution in [1.29, 1.82) is 0 Å². The number of aryl methyl sites for hydroxylation is 1. The summed E-state index contributed by atoms with van der Waals surface area (Å²) < 4.78 is 2.01. The summed E-state index contributed by atoms with van der Waals surface area (Å²) in [7, 11) is 0. The minimum Gasteiger partial charge on any atom is -0.339 e. The van der Waals surface area contributed by atoms with Crippen LogP contribution < -0.4 is 5.32 Å². The number of aromatic nitrogens is 2. The molecule has 0 atom stereocenters. The van der Waals surface area contributed by atoms with Crippen molar-refractivity contribution in [3.8, 4) is 0 Å². The third-order valence-corrected chi connectivity index (χ3v) is 4.34. The number of nitrogens with zero attached hydrogens (tertiary/aromatic N) is 4. The average molecular weight is 329 g/mol. The number of carbonyl (C=O) groups excluding carboxylic acids is 2. The number of piperazine rings is 1. The first-order valence-corrected chi connectivity index (χ1v) is 8.39. The van der Waals surface area contributed by atoms with Crippen molar-refractivity contribution in [3.63, 3.8) is 0 Å². The molecule has 0 bridgehead atoms. The molecule has 128 valence electrons. The number of amides is 3. The Labute approximate surface area is 141 Å². The lowest BCUT2D eigenvalue weighted by Gasteiger charge is -2.34. The Morgan fingerprint density at radius 2 is 1.83 bits per heavy atom. The molecule has 3 amide bonds. The fraction of sp³-hybridized carbons (Fsp3) is 0.471. The standard InChI is InChI=1S/C17H23N5O2/c1-2-18-17(24)21-11-9-20(10-12-21)16(23)7-8-22-13-19-14-5-3-4-6-15(14)22/h3-6,13H,2,7-12H2,1H3,(H,18,24). The Bertz CT molecular complexity index is 719. The molecular weight excluding hydrogens is 306 g/mol. The Hall–Kier alpha value is -2.57. The number of benzene rings is 1. The van der Waals surface area contributed by atoms with Crippen LogP contribution in [0.1, 0.15) is 13.3 Å². The molecule has 3 rings (SSSR count). The first kappa shape index (κ1) is 16.3. The molecule has 7 heteroatoms. The van der Waals surface area contributed by atoms with E-state index in [2.05, 4.69) is 10.3 Å². The van der Waals surface area contributed by atoms with Gasteiger partial charge in [-0.05, 0) is 19.1 Å². The third kappa shape index (κ3) is 3.50. The van der Waals surface area contributed by atoms with E-state index in [1.165, 1.54) is 0 Å². The van der Waals surface area contributed by atoms with Gasteiger partial charge in [0.25, 0.3) is 0 Å². The second-order valence-corrected chi connectivity index (χ2v) is 5.88. The van der Waals surface area contributed by atoms with Crippen LogP contribution >= 0.6 is 0 Å². The minimum atomic E-state index is -0.0468. The summed E-state index contributed by atoms with van der Waals surface area (Å²) in [6.45, 7) is 5.52. The lowest BCUT2D eigenvalue weighted by Crippen LogP contribution is -2.53. The van der Waals surface area contributed by atoms with Crippen LogP contribution in [0.2, 0.25) is 0 Å².